The van der Waals surface area contributed by atoms with Crippen LogP contribution in [-0.2, 0) is 4.79 Å². The Morgan fingerprint density at radius 1 is 1.61 bits per heavy atom. The van der Waals surface area contributed by atoms with Crippen molar-refractivity contribution in [2.24, 2.45) is 0 Å². The van der Waals surface area contributed by atoms with Crippen LogP contribution in [0.1, 0.15) is 18.0 Å². The van der Waals surface area contributed by atoms with Gasteiger partial charge in [0.2, 0.25) is 5.91 Å². The molecular weight excluding hydrogens is 246 g/mol. The summed E-state index contributed by atoms with van der Waals surface area (Å²) in [4.78, 5) is 19.8. The molecule has 0 saturated heterocycles. The highest BCUT2D eigenvalue weighted by Crippen LogP contribution is 2.24. The highest BCUT2D eigenvalue weighted by molar-refractivity contribution is 7.10. The molecule has 0 aliphatic rings. The van der Waals surface area contributed by atoms with Crippen molar-refractivity contribution in [3.63, 3.8) is 0 Å². The van der Waals surface area contributed by atoms with Gasteiger partial charge in [-0.15, -0.1) is 11.3 Å². The number of carbonyl (C=O) groups is 1. The van der Waals surface area contributed by atoms with Crippen molar-refractivity contribution in [3.8, 4) is 11.3 Å². The van der Waals surface area contributed by atoms with Crippen molar-refractivity contribution in [2.45, 2.75) is 13.0 Å². The fraction of sp³-hybridized carbons (Fsp3) is 0.154. The van der Waals surface area contributed by atoms with Crippen LogP contribution in [0.3, 0.4) is 0 Å². The number of rotatable bonds is 4. The van der Waals surface area contributed by atoms with Crippen LogP contribution in [0, 0.1) is 0 Å². The zero-order valence-electron chi connectivity index (χ0n) is 9.96. The number of carbonyl (C=O) groups excluding carboxylic acids is 1. The second-order valence-electron chi connectivity index (χ2n) is 3.75. The lowest BCUT2D eigenvalue weighted by Crippen LogP contribution is -2.24. The molecule has 0 aromatic carbocycles. The highest BCUT2D eigenvalue weighted by Gasteiger charge is 2.12. The summed E-state index contributed by atoms with van der Waals surface area (Å²) in [6, 6.07) is 3.71. The first-order valence-electron chi connectivity index (χ1n) is 5.49. The summed E-state index contributed by atoms with van der Waals surface area (Å²) in [5.74, 6) is -0.194. The van der Waals surface area contributed by atoms with Gasteiger partial charge in [0.25, 0.3) is 0 Å². The zero-order valence-corrected chi connectivity index (χ0v) is 10.8. The number of thiazole rings is 1. The van der Waals surface area contributed by atoms with E-state index >= 15 is 0 Å². The van der Waals surface area contributed by atoms with Crippen molar-refractivity contribution in [3.05, 3.63) is 47.6 Å². The topological polar surface area (TPSA) is 54.9 Å². The quantitative estimate of drug-likeness (QED) is 0.859. The average Bonchev–Trinajstić information content (AvgIpc) is 2.89. The molecule has 0 spiro atoms. The Bertz CT molecular complexity index is 550. The van der Waals surface area contributed by atoms with Gasteiger partial charge in [-0.25, -0.2) is 4.98 Å². The molecule has 2 aromatic rings. The summed E-state index contributed by atoms with van der Waals surface area (Å²) in [7, 11) is 0. The van der Waals surface area contributed by atoms with E-state index in [1.165, 1.54) is 17.4 Å². The minimum absolute atomic E-state index is 0.120. The third kappa shape index (κ3) is 2.81. The van der Waals surface area contributed by atoms with E-state index in [4.69, 9.17) is 0 Å². The summed E-state index contributed by atoms with van der Waals surface area (Å²) in [6.45, 7) is 5.32. The summed E-state index contributed by atoms with van der Waals surface area (Å²) in [5.41, 5.74) is 1.85. The normalized spacial score (nSPS) is 11.8. The molecule has 0 radical (unpaired) electrons. The molecule has 2 heterocycles. The predicted molar refractivity (Wildman–Crippen MR) is 72.1 cm³/mol. The molecule has 0 aliphatic heterocycles. The van der Waals surface area contributed by atoms with Gasteiger partial charge in [-0.1, -0.05) is 6.58 Å². The van der Waals surface area contributed by atoms with Crippen molar-refractivity contribution < 1.29 is 4.79 Å². The summed E-state index contributed by atoms with van der Waals surface area (Å²) >= 11 is 1.52. The van der Waals surface area contributed by atoms with Gasteiger partial charge in [0.15, 0.2) is 0 Å². The van der Waals surface area contributed by atoms with E-state index in [0.717, 1.165) is 16.3 Å². The van der Waals surface area contributed by atoms with Crippen LogP contribution in [0.2, 0.25) is 0 Å². The summed E-state index contributed by atoms with van der Waals surface area (Å²) in [5, 5.41) is 5.61. The van der Waals surface area contributed by atoms with Gasteiger partial charge in [0, 0.05) is 23.3 Å². The zero-order chi connectivity index (χ0) is 13.0. The van der Waals surface area contributed by atoms with Crippen LogP contribution in [0.25, 0.3) is 11.3 Å². The number of pyridine rings is 1. The predicted octanol–water partition coefficient (Wildman–Crippen LogP) is 2.57. The van der Waals surface area contributed by atoms with Crippen molar-refractivity contribution in [2.75, 3.05) is 0 Å². The summed E-state index contributed by atoms with van der Waals surface area (Å²) < 4.78 is 0. The maximum atomic E-state index is 11.2. The van der Waals surface area contributed by atoms with Crippen LogP contribution in [-0.4, -0.2) is 15.9 Å². The van der Waals surface area contributed by atoms with Gasteiger partial charge in [0.1, 0.15) is 5.01 Å². The molecule has 0 bridgehead atoms. The molecule has 1 amide bonds. The average molecular weight is 259 g/mol. The van der Waals surface area contributed by atoms with E-state index in [2.05, 4.69) is 21.9 Å². The second-order valence-corrected chi connectivity index (χ2v) is 4.64. The first kappa shape index (κ1) is 12.4. The molecule has 0 aliphatic carbocycles. The molecule has 1 unspecified atom stereocenters. The van der Waals surface area contributed by atoms with Crippen molar-refractivity contribution in [1.29, 1.82) is 0 Å². The largest absolute Gasteiger partial charge is 0.344 e. The molecule has 0 fully saturated rings. The Hall–Kier alpha value is -2.01. The van der Waals surface area contributed by atoms with Gasteiger partial charge >= 0.3 is 0 Å². The SMILES string of the molecule is C=CC(=O)NC(C)c1nc(-c2cccnc2)cs1. The van der Waals surface area contributed by atoms with Crippen LogP contribution < -0.4 is 5.32 Å². The molecule has 1 N–H and O–H groups in total. The smallest absolute Gasteiger partial charge is 0.243 e. The third-order valence-corrected chi connectivity index (χ3v) is 3.42. The number of hydrogen-bond acceptors (Lipinski definition) is 4. The Labute approximate surface area is 109 Å². The van der Waals surface area contributed by atoms with Gasteiger partial charge < -0.3 is 5.32 Å². The fourth-order valence-corrected chi connectivity index (χ4v) is 2.30. The lowest BCUT2D eigenvalue weighted by molar-refractivity contribution is -0.117. The van der Waals surface area contributed by atoms with Crippen LogP contribution in [0.15, 0.2) is 42.6 Å². The maximum absolute atomic E-state index is 11.2. The number of amides is 1. The van der Waals surface area contributed by atoms with Crippen molar-refractivity contribution >= 4 is 17.2 Å². The first-order chi connectivity index (χ1) is 8.70. The number of hydrogen-bond donors (Lipinski definition) is 1. The van der Waals surface area contributed by atoms with E-state index in [1.54, 1.807) is 12.4 Å². The third-order valence-electron chi connectivity index (χ3n) is 2.39. The van der Waals surface area contributed by atoms with Crippen LogP contribution in [0.5, 0.6) is 0 Å². The minimum Gasteiger partial charge on any atom is -0.344 e. The maximum Gasteiger partial charge on any atom is 0.243 e. The lowest BCUT2D eigenvalue weighted by Gasteiger charge is -2.08. The second kappa shape index (κ2) is 5.55. The standard InChI is InChI=1S/C13H13N3OS/c1-3-12(17)15-9(2)13-16-11(8-18-13)10-5-4-6-14-7-10/h3-9H,1H2,2H3,(H,15,17). The summed E-state index contributed by atoms with van der Waals surface area (Å²) in [6.07, 6.45) is 4.75. The van der Waals surface area contributed by atoms with Crippen LogP contribution in [0.4, 0.5) is 0 Å². The molecule has 5 heteroatoms. The molecule has 2 aromatic heterocycles. The monoisotopic (exact) mass is 259 g/mol. The molecule has 0 saturated carbocycles. The molecule has 2 rings (SSSR count). The highest BCUT2D eigenvalue weighted by atomic mass is 32.1. The van der Waals surface area contributed by atoms with Gasteiger partial charge in [-0.2, -0.15) is 0 Å². The van der Waals surface area contributed by atoms with E-state index in [-0.39, 0.29) is 11.9 Å². The number of nitrogens with zero attached hydrogens (tertiary/aromatic N) is 2. The molecule has 4 nitrogen and oxygen atoms in total. The fourth-order valence-electron chi connectivity index (χ4n) is 1.47. The first-order valence-corrected chi connectivity index (χ1v) is 6.37. The van der Waals surface area contributed by atoms with Gasteiger partial charge in [-0.05, 0) is 25.1 Å². The molecular formula is C13H13N3OS. The van der Waals surface area contributed by atoms with E-state index in [0.29, 0.717) is 0 Å². The minimum atomic E-state index is -0.194. The molecule has 92 valence electrons. The molecule has 1 atom stereocenters. The number of aromatic nitrogens is 2. The lowest BCUT2D eigenvalue weighted by atomic mass is 10.2. The van der Waals surface area contributed by atoms with E-state index in [9.17, 15) is 4.79 Å². The van der Waals surface area contributed by atoms with Gasteiger partial charge in [-0.3, -0.25) is 9.78 Å². The van der Waals surface area contributed by atoms with Gasteiger partial charge in [0.05, 0.1) is 11.7 Å². The van der Waals surface area contributed by atoms with E-state index in [1.807, 2.05) is 24.4 Å². The Balaban J connectivity index is 2.15. The molecule has 18 heavy (non-hydrogen) atoms. The Kier molecular flexibility index (Phi) is 3.84. The Morgan fingerprint density at radius 2 is 2.44 bits per heavy atom. The number of nitrogens with one attached hydrogen (secondary N) is 1. The van der Waals surface area contributed by atoms with Crippen molar-refractivity contribution in [1.82, 2.24) is 15.3 Å². The Morgan fingerprint density at radius 3 is 3.11 bits per heavy atom. The van der Waals surface area contributed by atoms with E-state index < -0.39 is 0 Å². The van der Waals surface area contributed by atoms with Crippen LogP contribution >= 0.6 is 11.3 Å².